The smallest absolute Gasteiger partial charge is 0.104 e. The summed E-state index contributed by atoms with van der Waals surface area (Å²) in [6.45, 7) is 6.21. The summed E-state index contributed by atoms with van der Waals surface area (Å²) in [6.07, 6.45) is 27.3. The van der Waals surface area contributed by atoms with E-state index in [1.807, 2.05) is 6.08 Å². The molecule has 0 saturated carbocycles. The van der Waals surface area contributed by atoms with Crippen molar-refractivity contribution < 1.29 is 4.48 Å². The van der Waals surface area contributed by atoms with Gasteiger partial charge in [0, 0.05) is 5.56 Å². The molecule has 1 aromatic rings. The second-order valence-corrected chi connectivity index (χ2v) is 9.67. The second-order valence-electron chi connectivity index (χ2n) is 9.67. The highest BCUT2D eigenvalue weighted by molar-refractivity contribution is 5.13. The maximum atomic E-state index is 3.78. The minimum Gasteiger partial charge on any atom is -0.325 e. The molecule has 0 amide bonds. The fraction of sp³-hybridized carbons (Fsp3) is 0.655. The highest BCUT2D eigenvalue weighted by Crippen LogP contribution is 2.13. The Morgan fingerprint density at radius 1 is 0.633 bits per heavy atom. The molecule has 0 aliphatic carbocycles. The molecular formula is C29H50N+. The van der Waals surface area contributed by atoms with Crippen LogP contribution in [0.4, 0.5) is 0 Å². The zero-order chi connectivity index (χ0) is 21.8. The third kappa shape index (κ3) is 16.5. The van der Waals surface area contributed by atoms with Crippen LogP contribution in [0.1, 0.15) is 102 Å². The molecule has 1 aromatic carbocycles. The maximum absolute atomic E-state index is 3.78. The Balaban J connectivity index is 1.85. The Hall–Kier alpha value is -1.34. The van der Waals surface area contributed by atoms with E-state index in [0.29, 0.717) is 0 Å². The van der Waals surface area contributed by atoms with Crippen LogP contribution in [0.15, 0.2) is 55.1 Å². The van der Waals surface area contributed by atoms with Crippen LogP contribution >= 0.6 is 0 Å². The van der Waals surface area contributed by atoms with Gasteiger partial charge in [-0.15, -0.1) is 6.58 Å². The molecule has 0 fully saturated rings. The fourth-order valence-corrected chi connectivity index (χ4v) is 4.16. The van der Waals surface area contributed by atoms with Crippen molar-refractivity contribution in [2.45, 2.75) is 103 Å². The Morgan fingerprint density at radius 3 is 1.63 bits per heavy atom. The van der Waals surface area contributed by atoms with Crippen molar-refractivity contribution in [2.24, 2.45) is 0 Å². The van der Waals surface area contributed by atoms with E-state index in [4.69, 9.17) is 0 Å². The summed E-state index contributed by atoms with van der Waals surface area (Å²) in [5.41, 5.74) is 1.45. The van der Waals surface area contributed by atoms with Gasteiger partial charge in [0.1, 0.15) is 6.54 Å². The lowest BCUT2D eigenvalue weighted by molar-refractivity contribution is -0.903. The third-order valence-corrected chi connectivity index (χ3v) is 6.03. The summed E-state index contributed by atoms with van der Waals surface area (Å²) < 4.78 is 1.10. The largest absolute Gasteiger partial charge is 0.325 e. The normalized spacial score (nSPS) is 11.9. The Kier molecular flexibility index (Phi) is 16.4. The van der Waals surface area contributed by atoms with Crippen LogP contribution in [0.25, 0.3) is 0 Å². The molecule has 0 aliphatic heterocycles. The quantitative estimate of drug-likeness (QED) is 0.114. The molecule has 0 N–H and O–H groups in total. The van der Waals surface area contributed by atoms with Crippen LogP contribution < -0.4 is 0 Å². The van der Waals surface area contributed by atoms with Gasteiger partial charge in [-0.3, -0.25) is 0 Å². The molecule has 0 bridgehead atoms. The summed E-state index contributed by atoms with van der Waals surface area (Å²) >= 11 is 0. The van der Waals surface area contributed by atoms with Gasteiger partial charge in [-0.2, -0.15) is 0 Å². The van der Waals surface area contributed by atoms with E-state index in [-0.39, 0.29) is 0 Å². The van der Waals surface area contributed by atoms with Crippen LogP contribution in [0.5, 0.6) is 0 Å². The minimum absolute atomic E-state index is 1.10. The van der Waals surface area contributed by atoms with Crippen molar-refractivity contribution in [1.82, 2.24) is 0 Å². The lowest BCUT2D eigenvalue weighted by atomic mass is 10.1. The van der Waals surface area contributed by atoms with Gasteiger partial charge in [0.25, 0.3) is 0 Å². The number of quaternary nitrogens is 1. The Bertz CT molecular complexity index is 529. The monoisotopic (exact) mass is 412 g/mol. The van der Waals surface area contributed by atoms with Crippen LogP contribution in [0.2, 0.25) is 0 Å². The zero-order valence-corrected chi connectivity index (χ0v) is 20.3. The predicted molar refractivity (Wildman–Crippen MR) is 136 cm³/mol. The molecule has 30 heavy (non-hydrogen) atoms. The lowest BCUT2D eigenvalue weighted by Gasteiger charge is -2.30. The molecule has 1 rings (SSSR count). The average molecular weight is 413 g/mol. The van der Waals surface area contributed by atoms with Crippen molar-refractivity contribution in [2.75, 3.05) is 20.6 Å². The van der Waals surface area contributed by atoms with Gasteiger partial charge in [-0.05, 0) is 51.4 Å². The van der Waals surface area contributed by atoms with Gasteiger partial charge in [-0.25, -0.2) is 0 Å². The van der Waals surface area contributed by atoms with E-state index >= 15 is 0 Å². The molecular weight excluding hydrogens is 362 g/mol. The van der Waals surface area contributed by atoms with Crippen molar-refractivity contribution in [3.63, 3.8) is 0 Å². The maximum Gasteiger partial charge on any atom is 0.104 e. The molecule has 0 saturated heterocycles. The standard InChI is InChI=1S/C29H50N/c1-4-5-6-7-8-9-10-11-12-13-14-15-16-17-18-19-20-24-27-30(2,3)28-29-25-22-21-23-26-29/h4,13-14,21-23,25-26H,1,5-12,15-20,24,27-28H2,2-3H3/q+1/b14-13-. The van der Waals surface area contributed by atoms with E-state index in [0.717, 1.165) is 11.0 Å². The molecule has 0 spiro atoms. The summed E-state index contributed by atoms with van der Waals surface area (Å²) in [7, 11) is 4.73. The molecule has 0 radical (unpaired) electrons. The Morgan fingerprint density at radius 2 is 1.10 bits per heavy atom. The molecule has 170 valence electrons. The van der Waals surface area contributed by atoms with E-state index < -0.39 is 0 Å². The number of allylic oxidation sites excluding steroid dienone is 3. The molecule has 1 nitrogen and oxygen atoms in total. The lowest BCUT2D eigenvalue weighted by Crippen LogP contribution is -2.39. The summed E-state index contributed by atoms with van der Waals surface area (Å²) in [6, 6.07) is 10.9. The van der Waals surface area contributed by atoms with Crippen LogP contribution in [-0.4, -0.2) is 25.1 Å². The van der Waals surface area contributed by atoms with Crippen molar-refractivity contribution in [3.05, 3.63) is 60.7 Å². The zero-order valence-electron chi connectivity index (χ0n) is 20.3. The van der Waals surface area contributed by atoms with E-state index in [2.05, 4.69) is 63.2 Å². The van der Waals surface area contributed by atoms with Gasteiger partial charge >= 0.3 is 0 Å². The highest BCUT2D eigenvalue weighted by Gasteiger charge is 2.14. The minimum atomic E-state index is 1.10. The molecule has 0 aliphatic rings. The number of unbranched alkanes of at least 4 members (excludes halogenated alkanes) is 13. The van der Waals surface area contributed by atoms with E-state index in [1.165, 1.54) is 108 Å². The Labute approximate surface area is 188 Å². The summed E-state index contributed by atoms with van der Waals surface area (Å²) in [5, 5.41) is 0. The fourth-order valence-electron chi connectivity index (χ4n) is 4.16. The summed E-state index contributed by atoms with van der Waals surface area (Å²) in [4.78, 5) is 0. The number of hydrogen-bond acceptors (Lipinski definition) is 0. The average Bonchev–Trinajstić information content (AvgIpc) is 2.73. The molecule has 0 unspecified atom stereocenters. The van der Waals surface area contributed by atoms with Crippen molar-refractivity contribution >= 4 is 0 Å². The predicted octanol–water partition coefficient (Wildman–Crippen LogP) is 8.86. The SMILES string of the molecule is C=CCCCCCCCC/C=C\CCCCCCCC[N+](C)(C)Cc1ccccc1. The van der Waals surface area contributed by atoms with Crippen LogP contribution in [0.3, 0.4) is 0 Å². The molecule has 0 aromatic heterocycles. The van der Waals surface area contributed by atoms with E-state index in [1.54, 1.807) is 0 Å². The second kappa shape index (κ2) is 18.4. The van der Waals surface area contributed by atoms with E-state index in [9.17, 15) is 0 Å². The van der Waals surface area contributed by atoms with Gasteiger partial charge in [0.05, 0.1) is 20.6 Å². The van der Waals surface area contributed by atoms with Crippen LogP contribution in [0, 0.1) is 0 Å². The molecule has 0 heterocycles. The number of rotatable bonds is 20. The topological polar surface area (TPSA) is 0 Å². The van der Waals surface area contributed by atoms with Crippen molar-refractivity contribution in [1.29, 1.82) is 0 Å². The van der Waals surface area contributed by atoms with Gasteiger partial charge in [-0.1, -0.05) is 93.5 Å². The van der Waals surface area contributed by atoms with Gasteiger partial charge in [0.2, 0.25) is 0 Å². The van der Waals surface area contributed by atoms with Crippen molar-refractivity contribution in [3.8, 4) is 0 Å². The first-order valence-corrected chi connectivity index (χ1v) is 12.8. The molecule has 1 heteroatoms. The number of benzene rings is 1. The first-order valence-electron chi connectivity index (χ1n) is 12.8. The molecule has 0 atom stereocenters. The highest BCUT2D eigenvalue weighted by atomic mass is 15.3. The number of hydrogen-bond donors (Lipinski definition) is 0. The number of nitrogens with zero attached hydrogens (tertiary/aromatic N) is 1. The van der Waals surface area contributed by atoms with Crippen LogP contribution in [-0.2, 0) is 6.54 Å². The first-order chi connectivity index (χ1) is 14.6. The summed E-state index contributed by atoms with van der Waals surface area (Å²) in [5.74, 6) is 0. The van der Waals surface area contributed by atoms with Gasteiger partial charge in [0.15, 0.2) is 0 Å². The third-order valence-electron chi connectivity index (χ3n) is 6.03. The van der Waals surface area contributed by atoms with Gasteiger partial charge < -0.3 is 4.48 Å². The first kappa shape index (κ1) is 26.7.